The van der Waals surface area contributed by atoms with E-state index in [9.17, 15) is 9.59 Å². The zero-order valence-electron chi connectivity index (χ0n) is 17.1. The fourth-order valence-electron chi connectivity index (χ4n) is 6.77. The van der Waals surface area contributed by atoms with Crippen molar-refractivity contribution in [3.05, 3.63) is 30.3 Å². The molecule has 0 aromatic heterocycles. The lowest BCUT2D eigenvalue weighted by molar-refractivity contribution is -0.139. The molecule has 0 atom stereocenters. The van der Waals surface area contributed by atoms with Crippen LogP contribution < -0.4 is 10.1 Å². The number of carbonyl (C=O) groups is 2. The third-order valence-electron chi connectivity index (χ3n) is 7.75. The second-order valence-electron chi connectivity index (χ2n) is 9.94. The standard InChI is InChI=1S/C24H32N2O3/c27-22(16-29-21-4-2-1-3-5-21)26-8-6-20(7-9-26)23(28)25-24-13-17-10-18(14-24)12-19(11-17)15-24/h1-5,17-20H,6-16H2,(H,25,28). The van der Waals surface area contributed by atoms with E-state index in [0.29, 0.717) is 18.8 Å². The summed E-state index contributed by atoms with van der Waals surface area (Å²) in [7, 11) is 0. The van der Waals surface area contributed by atoms with Crippen molar-refractivity contribution < 1.29 is 14.3 Å². The van der Waals surface area contributed by atoms with Crippen LogP contribution in [0.4, 0.5) is 0 Å². The van der Waals surface area contributed by atoms with Crippen LogP contribution in [0.2, 0.25) is 0 Å². The number of hydrogen-bond donors (Lipinski definition) is 1. The van der Waals surface area contributed by atoms with Gasteiger partial charge in [-0.05, 0) is 81.3 Å². The number of nitrogens with zero attached hydrogens (tertiary/aromatic N) is 1. The van der Waals surface area contributed by atoms with Crippen LogP contribution in [0.3, 0.4) is 0 Å². The molecule has 1 heterocycles. The Hall–Kier alpha value is -2.04. The van der Waals surface area contributed by atoms with Gasteiger partial charge in [0, 0.05) is 24.5 Å². The Morgan fingerprint density at radius 2 is 1.55 bits per heavy atom. The van der Waals surface area contributed by atoms with Crippen LogP contribution in [0.5, 0.6) is 5.75 Å². The van der Waals surface area contributed by atoms with E-state index in [4.69, 9.17) is 4.74 Å². The summed E-state index contributed by atoms with van der Waals surface area (Å²) in [6.45, 7) is 1.36. The van der Waals surface area contributed by atoms with E-state index in [1.807, 2.05) is 35.2 Å². The number of amides is 2. The molecule has 0 spiro atoms. The first-order valence-electron chi connectivity index (χ1n) is 11.4. The summed E-state index contributed by atoms with van der Waals surface area (Å²) in [5, 5.41) is 3.52. The van der Waals surface area contributed by atoms with Crippen molar-refractivity contribution in [2.45, 2.75) is 56.9 Å². The van der Waals surface area contributed by atoms with Gasteiger partial charge in [0.25, 0.3) is 5.91 Å². The summed E-state index contributed by atoms with van der Waals surface area (Å²) in [6, 6.07) is 9.43. The van der Waals surface area contributed by atoms with E-state index in [1.165, 1.54) is 38.5 Å². The lowest BCUT2D eigenvalue weighted by Crippen LogP contribution is -2.61. The third kappa shape index (κ3) is 4.01. The van der Waals surface area contributed by atoms with E-state index in [0.717, 1.165) is 30.6 Å². The first-order valence-corrected chi connectivity index (χ1v) is 11.4. The Bertz CT molecular complexity index is 719. The number of benzene rings is 1. The molecule has 1 N–H and O–H groups in total. The van der Waals surface area contributed by atoms with Crippen molar-refractivity contribution in [3.8, 4) is 5.75 Å². The molecule has 1 saturated heterocycles. The zero-order valence-corrected chi connectivity index (χ0v) is 17.1. The van der Waals surface area contributed by atoms with Crippen LogP contribution in [0.25, 0.3) is 0 Å². The summed E-state index contributed by atoms with van der Waals surface area (Å²) in [6.07, 6.45) is 9.27. The number of hydrogen-bond acceptors (Lipinski definition) is 3. The van der Waals surface area contributed by atoms with Crippen LogP contribution in [-0.2, 0) is 9.59 Å². The highest BCUT2D eigenvalue weighted by molar-refractivity contribution is 5.81. The van der Waals surface area contributed by atoms with E-state index in [-0.39, 0.29) is 29.9 Å². The van der Waals surface area contributed by atoms with Crippen molar-refractivity contribution in [1.82, 2.24) is 10.2 Å². The summed E-state index contributed by atoms with van der Waals surface area (Å²) < 4.78 is 5.58. The van der Waals surface area contributed by atoms with E-state index in [1.54, 1.807) is 0 Å². The summed E-state index contributed by atoms with van der Waals surface area (Å²) in [4.78, 5) is 27.3. The van der Waals surface area contributed by atoms with Crippen molar-refractivity contribution in [3.63, 3.8) is 0 Å². The highest BCUT2D eigenvalue weighted by Crippen LogP contribution is 2.55. The molecule has 4 saturated carbocycles. The number of likely N-dealkylation sites (tertiary alicyclic amines) is 1. The molecular formula is C24H32N2O3. The molecule has 5 aliphatic rings. The number of rotatable bonds is 5. The minimum Gasteiger partial charge on any atom is -0.484 e. The molecule has 6 rings (SSSR count). The number of ether oxygens (including phenoxy) is 1. The predicted octanol–water partition coefficient (Wildman–Crippen LogP) is 3.39. The van der Waals surface area contributed by atoms with Crippen LogP contribution in [0, 0.1) is 23.7 Å². The molecule has 1 aliphatic heterocycles. The number of piperidine rings is 1. The van der Waals surface area contributed by atoms with Crippen LogP contribution in [-0.4, -0.2) is 41.9 Å². The Labute approximate surface area is 173 Å². The van der Waals surface area contributed by atoms with Gasteiger partial charge in [0.1, 0.15) is 5.75 Å². The molecule has 0 radical (unpaired) electrons. The van der Waals surface area contributed by atoms with Gasteiger partial charge in [-0.15, -0.1) is 0 Å². The summed E-state index contributed by atoms with van der Waals surface area (Å²) in [5.74, 6) is 3.52. The van der Waals surface area contributed by atoms with Gasteiger partial charge in [0.2, 0.25) is 5.91 Å². The SMILES string of the molecule is O=C(NC12CC3CC(CC(C3)C1)C2)C1CCN(C(=O)COc2ccccc2)CC1. The lowest BCUT2D eigenvalue weighted by Gasteiger charge is -2.57. The van der Waals surface area contributed by atoms with Crippen molar-refractivity contribution in [1.29, 1.82) is 0 Å². The zero-order chi connectivity index (χ0) is 19.8. The lowest BCUT2D eigenvalue weighted by atomic mass is 9.53. The molecule has 0 unspecified atom stereocenters. The maximum Gasteiger partial charge on any atom is 0.260 e. The quantitative estimate of drug-likeness (QED) is 0.830. The van der Waals surface area contributed by atoms with E-state index in [2.05, 4.69) is 5.32 Å². The van der Waals surface area contributed by atoms with Crippen molar-refractivity contribution in [2.24, 2.45) is 23.7 Å². The second kappa shape index (κ2) is 7.66. The highest BCUT2D eigenvalue weighted by Gasteiger charge is 2.51. The average Bonchev–Trinajstić information content (AvgIpc) is 2.71. The van der Waals surface area contributed by atoms with Gasteiger partial charge in [-0.3, -0.25) is 9.59 Å². The average molecular weight is 397 g/mol. The van der Waals surface area contributed by atoms with Crippen LogP contribution >= 0.6 is 0 Å². The number of para-hydroxylation sites is 1. The Kier molecular flexibility index (Phi) is 5.00. The molecule has 4 aliphatic carbocycles. The smallest absolute Gasteiger partial charge is 0.260 e. The molecule has 4 bridgehead atoms. The predicted molar refractivity (Wildman–Crippen MR) is 110 cm³/mol. The maximum atomic E-state index is 13.0. The number of nitrogens with one attached hydrogen (secondary N) is 1. The van der Waals surface area contributed by atoms with Gasteiger partial charge in [-0.2, -0.15) is 0 Å². The third-order valence-corrected chi connectivity index (χ3v) is 7.75. The Morgan fingerprint density at radius 1 is 0.966 bits per heavy atom. The molecule has 5 fully saturated rings. The maximum absolute atomic E-state index is 13.0. The first kappa shape index (κ1) is 19.0. The van der Waals surface area contributed by atoms with Gasteiger partial charge in [-0.25, -0.2) is 0 Å². The van der Waals surface area contributed by atoms with Crippen LogP contribution in [0.15, 0.2) is 30.3 Å². The molecule has 1 aromatic rings. The molecular weight excluding hydrogens is 364 g/mol. The molecule has 156 valence electrons. The molecule has 5 heteroatoms. The van der Waals surface area contributed by atoms with Gasteiger partial charge in [0.05, 0.1) is 0 Å². The van der Waals surface area contributed by atoms with Crippen molar-refractivity contribution in [2.75, 3.05) is 19.7 Å². The fraction of sp³-hybridized carbons (Fsp3) is 0.667. The molecule has 2 amide bonds. The Morgan fingerprint density at radius 3 is 2.14 bits per heavy atom. The minimum atomic E-state index is 0.00814. The van der Waals surface area contributed by atoms with E-state index < -0.39 is 0 Å². The molecule has 29 heavy (non-hydrogen) atoms. The second-order valence-corrected chi connectivity index (χ2v) is 9.94. The minimum absolute atomic E-state index is 0.00814. The Balaban J connectivity index is 1.10. The van der Waals surface area contributed by atoms with Gasteiger partial charge >= 0.3 is 0 Å². The number of carbonyl (C=O) groups excluding carboxylic acids is 2. The normalized spacial score (nSPS) is 33.5. The molecule has 1 aromatic carbocycles. The fourth-order valence-corrected chi connectivity index (χ4v) is 6.77. The van der Waals surface area contributed by atoms with Crippen molar-refractivity contribution >= 4 is 11.8 Å². The molecule has 5 nitrogen and oxygen atoms in total. The topological polar surface area (TPSA) is 58.6 Å². The van der Waals surface area contributed by atoms with Gasteiger partial charge in [0.15, 0.2) is 6.61 Å². The van der Waals surface area contributed by atoms with Gasteiger partial charge < -0.3 is 15.0 Å². The van der Waals surface area contributed by atoms with Crippen LogP contribution in [0.1, 0.15) is 51.4 Å². The summed E-state index contributed by atoms with van der Waals surface area (Å²) in [5.41, 5.74) is 0.0856. The highest BCUT2D eigenvalue weighted by atomic mass is 16.5. The summed E-state index contributed by atoms with van der Waals surface area (Å²) >= 11 is 0. The van der Waals surface area contributed by atoms with E-state index >= 15 is 0 Å². The first-order chi connectivity index (χ1) is 14.1. The van der Waals surface area contributed by atoms with Gasteiger partial charge in [-0.1, -0.05) is 18.2 Å². The largest absolute Gasteiger partial charge is 0.484 e. The monoisotopic (exact) mass is 396 g/mol.